The Morgan fingerprint density at radius 3 is 2.78 bits per heavy atom. The van der Waals surface area contributed by atoms with Crippen molar-refractivity contribution in [3.8, 4) is 5.75 Å². The van der Waals surface area contributed by atoms with Crippen LogP contribution in [0.4, 0.5) is 5.69 Å². The Morgan fingerprint density at radius 2 is 1.89 bits per heavy atom. The van der Waals surface area contributed by atoms with Crippen LogP contribution in [0.15, 0.2) is 60.8 Å². The fourth-order valence-corrected chi connectivity index (χ4v) is 3.24. The Kier molecular flexibility index (Phi) is 4.75. The number of aryl methyl sites for hydroxylation is 1. The van der Waals surface area contributed by atoms with Gasteiger partial charge in [-0.1, -0.05) is 30.3 Å². The molecular weight excluding hydrogens is 338 g/mol. The molecule has 0 fully saturated rings. The molecule has 0 aliphatic rings. The predicted octanol–water partition coefficient (Wildman–Crippen LogP) is 4.69. The van der Waals surface area contributed by atoms with Gasteiger partial charge in [0.1, 0.15) is 5.75 Å². The molecule has 2 heterocycles. The first kappa shape index (κ1) is 17.1. The normalized spacial score (nSPS) is 11.0. The number of benzene rings is 2. The van der Waals surface area contributed by atoms with E-state index in [1.165, 1.54) is 5.39 Å². The Bertz CT molecular complexity index is 1100. The van der Waals surface area contributed by atoms with E-state index >= 15 is 0 Å². The number of H-pyrrole nitrogens is 1. The van der Waals surface area contributed by atoms with Gasteiger partial charge in [-0.15, -0.1) is 0 Å². The second-order valence-corrected chi connectivity index (χ2v) is 6.37. The van der Waals surface area contributed by atoms with E-state index in [-0.39, 0.29) is 5.91 Å². The zero-order valence-electron chi connectivity index (χ0n) is 15.2. The van der Waals surface area contributed by atoms with Crippen LogP contribution in [0.1, 0.15) is 19.0 Å². The van der Waals surface area contributed by atoms with Crippen molar-refractivity contribution in [1.29, 1.82) is 0 Å². The van der Waals surface area contributed by atoms with Gasteiger partial charge in [0.25, 0.3) is 0 Å². The number of ether oxygens (including phenoxy) is 1. The summed E-state index contributed by atoms with van der Waals surface area (Å²) in [6.07, 6.45) is 2.78. The molecule has 0 aliphatic heterocycles. The van der Waals surface area contributed by atoms with Gasteiger partial charge in [0.05, 0.1) is 24.0 Å². The maximum absolute atomic E-state index is 12.4. The number of amides is 1. The van der Waals surface area contributed by atoms with Crippen LogP contribution in [0.2, 0.25) is 0 Å². The number of pyridine rings is 1. The highest BCUT2D eigenvalue weighted by Crippen LogP contribution is 2.26. The molecule has 0 unspecified atom stereocenters. The summed E-state index contributed by atoms with van der Waals surface area (Å²) >= 11 is 0. The molecule has 0 saturated carbocycles. The quantitative estimate of drug-likeness (QED) is 0.525. The van der Waals surface area contributed by atoms with Crippen LogP contribution < -0.4 is 10.1 Å². The summed E-state index contributed by atoms with van der Waals surface area (Å²) in [5.41, 5.74) is 3.71. The molecule has 2 aromatic carbocycles. The van der Waals surface area contributed by atoms with Gasteiger partial charge in [0.15, 0.2) is 0 Å². The molecule has 2 aromatic heterocycles. The number of nitrogens with one attached hydrogen (secondary N) is 2. The summed E-state index contributed by atoms with van der Waals surface area (Å²) in [6, 6.07) is 17.7. The van der Waals surface area contributed by atoms with Crippen molar-refractivity contribution >= 4 is 33.4 Å². The van der Waals surface area contributed by atoms with Crippen LogP contribution >= 0.6 is 0 Å². The predicted molar refractivity (Wildman–Crippen MR) is 108 cm³/mol. The van der Waals surface area contributed by atoms with E-state index in [2.05, 4.69) is 33.5 Å². The molecule has 0 atom stereocenters. The van der Waals surface area contributed by atoms with Crippen molar-refractivity contribution in [2.24, 2.45) is 0 Å². The summed E-state index contributed by atoms with van der Waals surface area (Å²) < 4.78 is 5.55. The number of aromatic amines is 1. The Balaban J connectivity index is 1.47. The molecule has 5 heteroatoms. The maximum atomic E-state index is 12.4. The highest BCUT2D eigenvalue weighted by Gasteiger charge is 2.10. The number of carbonyl (C=O) groups is 1. The molecule has 5 nitrogen and oxygen atoms in total. The van der Waals surface area contributed by atoms with Crippen molar-refractivity contribution in [1.82, 2.24) is 9.97 Å². The second-order valence-electron chi connectivity index (χ2n) is 6.37. The first-order chi connectivity index (χ1) is 13.2. The first-order valence-electron chi connectivity index (χ1n) is 9.11. The number of rotatable bonds is 6. The van der Waals surface area contributed by atoms with Crippen molar-refractivity contribution in [3.05, 3.63) is 66.5 Å². The fourth-order valence-electron chi connectivity index (χ4n) is 3.24. The van der Waals surface area contributed by atoms with Gasteiger partial charge in [-0.05, 0) is 37.6 Å². The van der Waals surface area contributed by atoms with Gasteiger partial charge in [-0.25, -0.2) is 0 Å². The smallest absolute Gasteiger partial charge is 0.224 e. The Hall–Kier alpha value is -3.34. The Morgan fingerprint density at radius 1 is 1.07 bits per heavy atom. The van der Waals surface area contributed by atoms with Gasteiger partial charge < -0.3 is 15.0 Å². The number of fused-ring (bicyclic) bond motifs is 3. The first-order valence-corrected chi connectivity index (χ1v) is 9.11. The lowest BCUT2D eigenvalue weighted by Crippen LogP contribution is -2.13. The second kappa shape index (κ2) is 7.50. The largest absolute Gasteiger partial charge is 0.492 e. The summed E-state index contributed by atoms with van der Waals surface area (Å²) in [4.78, 5) is 20.2. The van der Waals surface area contributed by atoms with Gasteiger partial charge in [-0.2, -0.15) is 0 Å². The van der Waals surface area contributed by atoms with E-state index in [0.717, 1.165) is 22.1 Å². The van der Waals surface area contributed by atoms with E-state index < -0.39 is 0 Å². The molecule has 0 saturated heterocycles. The number of anilines is 1. The minimum Gasteiger partial charge on any atom is -0.492 e. The zero-order chi connectivity index (χ0) is 18.6. The van der Waals surface area contributed by atoms with Crippen LogP contribution in [0.25, 0.3) is 21.8 Å². The lowest BCUT2D eigenvalue weighted by molar-refractivity contribution is -0.116. The summed E-state index contributed by atoms with van der Waals surface area (Å²) in [5, 5.41) is 5.24. The van der Waals surface area contributed by atoms with Crippen LogP contribution in [0.5, 0.6) is 5.75 Å². The standard InChI is InChI=1S/C22H21N3O2/c1-2-27-21-10-6-5-9-19(21)25-22(26)12-11-15-13-17-16-7-3-4-8-18(16)24-20(17)14-23-15/h3-10,13-14,24H,2,11-12H2,1H3,(H,25,26). The average Bonchev–Trinajstić information content (AvgIpc) is 3.06. The van der Waals surface area contributed by atoms with Gasteiger partial charge in [-0.3, -0.25) is 9.78 Å². The van der Waals surface area contributed by atoms with Gasteiger partial charge in [0, 0.05) is 28.4 Å². The van der Waals surface area contributed by atoms with E-state index in [4.69, 9.17) is 4.74 Å². The van der Waals surface area contributed by atoms with Crippen LogP contribution in [-0.4, -0.2) is 22.5 Å². The fraction of sp³-hybridized carbons (Fsp3) is 0.182. The van der Waals surface area contributed by atoms with E-state index in [1.807, 2.05) is 49.5 Å². The summed E-state index contributed by atoms with van der Waals surface area (Å²) in [7, 11) is 0. The average molecular weight is 359 g/mol. The molecule has 2 N–H and O–H groups in total. The van der Waals surface area contributed by atoms with Crippen LogP contribution in [0, 0.1) is 0 Å². The third-order valence-electron chi connectivity index (χ3n) is 4.52. The third kappa shape index (κ3) is 3.62. The topological polar surface area (TPSA) is 67.0 Å². The number of nitrogens with zero attached hydrogens (tertiary/aromatic N) is 1. The Labute approximate surface area is 157 Å². The van der Waals surface area contributed by atoms with Gasteiger partial charge >= 0.3 is 0 Å². The molecule has 4 rings (SSSR count). The number of hydrogen-bond donors (Lipinski definition) is 2. The van der Waals surface area contributed by atoms with E-state index in [9.17, 15) is 4.79 Å². The summed E-state index contributed by atoms with van der Waals surface area (Å²) in [6.45, 7) is 2.48. The van der Waals surface area contributed by atoms with Crippen LogP contribution in [-0.2, 0) is 11.2 Å². The lowest BCUT2D eigenvalue weighted by Gasteiger charge is -2.11. The number of carbonyl (C=O) groups excluding carboxylic acids is 1. The molecule has 0 bridgehead atoms. The minimum atomic E-state index is -0.0528. The third-order valence-corrected chi connectivity index (χ3v) is 4.52. The molecule has 27 heavy (non-hydrogen) atoms. The minimum absolute atomic E-state index is 0.0528. The van der Waals surface area contributed by atoms with Crippen molar-refractivity contribution < 1.29 is 9.53 Å². The van der Waals surface area contributed by atoms with E-state index in [0.29, 0.717) is 30.9 Å². The summed E-state index contributed by atoms with van der Waals surface area (Å²) in [5.74, 6) is 0.634. The highest BCUT2D eigenvalue weighted by atomic mass is 16.5. The molecule has 0 radical (unpaired) electrons. The number of para-hydroxylation sites is 3. The zero-order valence-corrected chi connectivity index (χ0v) is 15.2. The number of hydrogen-bond acceptors (Lipinski definition) is 3. The maximum Gasteiger partial charge on any atom is 0.224 e. The number of aromatic nitrogens is 2. The molecule has 0 aliphatic carbocycles. The molecule has 0 spiro atoms. The SMILES string of the molecule is CCOc1ccccc1NC(=O)CCc1cc2c(cn1)[nH]c1ccccc12. The van der Waals surface area contributed by atoms with Crippen LogP contribution in [0.3, 0.4) is 0 Å². The molecule has 1 amide bonds. The van der Waals surface area contributed by atoms with Crippen molar-refractivity contribution in [2.75, 3.05) is 11.9 Å². The van der Waals surface area contributed by atoms with Gasteiger partial charge in [0.2, 0.25) is 5.91 Å². The van der Waals surface area contributed by atoms with Crippen molar-refractivity contribution in [2.45, 2.75) is 19.8 Å². The molecular formula is C22H21N3O2. The molecule has 136 valence electrons. The van der Waals surface area contributed by atoms with Crippen molar-refractivity contribution in [3.63, 3.8) is 0 Å². The van der Waals surface area contributed by atoms with E-state index in [1.54, 1.807) is 0 Å². The molecule has 4 aromatic rings. The highest BCUT2D eigenvalue weighted by molar-refractivity contribution is 6.07. The monoisotopic (exact) mass is 359 g/mol. The lowest BCUT2D eigenvalue weighted by atomic mass is 10.1.